The molecule has 0 aromatic heterocycles. The van der Waals surface area contributed by atoms with E-state index in [1.54, 1.807) is 6.07 Å². The van der Waals surface area contributed by atoms with Crippen LogP contribution in [0.5, 0.6) is 0 Å². The summed E-state index contributed by atoms with van der Waals surface area (Å²) >= 11 is 9.38. The van der Waals surface area contributed by atoms with Crippen LogP contribution in [0, 0.1) is 5.82 Å². The lowest BCUT2D eigenvalue weighted by Crippen LogP contribution is -2.36. The Morgan fingerprint density at radius 3 is 2.67 bits per heavy atom. The van der Waals surface area contributed by atoms with Crippen molar-refractivity contribution in [2.24, 2.45) is 10.7 Å². The highest BCUT2D eigenvalue weighted by atomic mass is 79.9. The summed E-state index contributed by atoms with van der Waals surface area (Å²) in [5.41, 5.74) is 7.33. The van der Waals surface area contributed by atoms with Gasteiger partial charge in [-0.15, -0.1) is 0 Å². The highest BCUT2D eigenvalue weighted by Gasteiger charge is 2.30. The molecular formula is C15H12BrClFN3. The summed E-state index contributed by atoms with van der Waals surface area (Å²) < 4.78 is 15.1. The van der Waals surface area contributed by atoms with Gasteiger partial charge in [0.2, 0.25) is 0 Å². The average molecular weight is 369 g/mol. The molecule has 0 amide bonds. The van der Waals surface area contributed by atoms with Crippen LogP contribution in [0.15, 0.2) is 51.9 Å². The molecule has 0 aliphatic carbocycles. The molecule has 0 bridgehead atoms. The van der Waals surface area contributed by atoms with Crippen LogP contribution in [-0.4, -0.2) is 12.5 Å². The lowest BCUT2D eigenvalue weighted by Gasteiger charge is -2.27. The molecule has 1 atom stereocenters. The number of nitrogens with zero attached hydrogens (tertiary/aromatic N) is 2. The Labute approximate surface area is 135 Å². The summed E-state index contributed by atoms with van der Waals surface area (Å²) in [6.45, 7) is 0.402. The van der Waals surface area contributed by atoms with Crippen molar-refractivity contribution in [2.45, 2.75) is 6.04 Å². The molecule has 2 aromatic rings. The van der Waals surface area contributed by atoms with Gasteiger partial charge in [0.25, 0.3) is 0 Å². The van der Waals surface area contributed by atoms with E-state index in [4.69, 9.17) is 17.3 Å². The van der Waals surface area contributed by atoms with E-state index in [-0.39, 0.29) is 11.9 Å². The van der Waals surface area contributed by atoms with Gasteiger partial charge in [0.15, 0.2) is 5.96 Å². The van der Waals surface area contributed by atoms with E-state index in [9.17, 15) is 4.39 Å². The lowest BCUT2D eigenvalue weighted by atomic mass is 10.0. The topological polar surface area (TPSA) is 41.6 Å². The molecule has 1 heterocycles. The molecule has 1 unspecified atom stereocenters. The predicted molar refractivity (Wildman–Crippen MR) is 87.3 cm³/mol. The fraction of sp³-hybridized carbons (Fsp3) is 0.133. The third kappa shape index (κ3) is 2.76. The largest absolute Gasteiger partial charge is 0.369 e. The summed E-state index contributed by atoms with van der Waals surface area (Å²) in [6, 6.07) is 11.9. The maximum absolute atomic E-state index is 14.1. The van der Waals surface area contributed by atoms with E-state index in [2.05, 4.69) is 20.9 Å². The fourth-order valence-electron chi connectivity index (χ4n) is 2.42. The molecular weight excluding hydrogens is 357 g/mol. The molecule has 0 saturated carbocycles. The second kappa shape index (κ2) is 5.66. The predicted octanol–water partition coefficient (Wildman–Crippen LogP) is 4.12. The van der Waals surface area contributed by atoms with Crippen LogP contribution < -0.4 is 10.6 Å². The molecule has 108 valence electrons. The molecule has 0 spiro atoms. The normalized spacial score (nSPS) is 18.0. The van der Waals surface area contributed by atoms with E-state index in [0.29, 0.717) is 23.1 Å². The first-order valence-corrected chi connectivity index (χ1v) is 7.53. The minimum atomic E-state index is -0.309. The van der Waals surface area contributed by atoms with E-state index in [1.165, 1.54) is 12.1 Å². The zero-order valence-electron chi connectivity index (χ0n) is 10.9. The van der Waals surface area contributed by atoms with Crippen molar-refractivity contribution in [3.63, 3.8) is 0 Å². The standard InChI is InChI=1S/C15H12BrClFN3/c16-9-1-4-11(5-2-9)21-14(8-20-15(21)19)12-7-10(17)3-6-13(12)18/h1-7,14H,8H2,(H2,19,20). The zero-order chi connectivity index (χ0) is 15.0. The molecule has 1 aliphatic rings. The highest BCUT2D eigenvalue weighted by Crippen LogP contribution is 2.34. The Morgan fingerprint density at radius 1 is 1.24 bits per heavy atom. The summed E-state index contributed by atoms with van der Waals surface area (Å²) in [4.78, 5) is 6.06. The second-order valence-electron chi connectivity index (χ2n) is 4.73. The van der Waals surface area contributed by atoms with Gasteiger partial charge in [-0.2, -0.15) is 0 Å². The Hall–Kier alpha value is -1.59. The van der Waals surface area contributed by atoms with Gasteiger partial charge in [-0.3, -0.25) is 4.99 Å². The number of guanidine groups is 1. The third-order valence-corrected chi connectivity index (χ3v) is 4.17. The molecule has 6 heteroatoms. The number of benzene rings is 2. The summed E-state index contributed by atoms with van der Waals surface area (Å²) in [5.74, 6) is 0.0677. The van der Waals surface area contributed by atoms with Crippen molar-refractivity contribution in [3.05, 3.63) is 63.3 Å². The van der Waals surface area contributed by atoms with Crippen LogP contribution in [0.25, 0.3) is 0 Å². The van der Waals surface area contributed by atoms with Gasteiger partial charge in [0.1, 0.15) is 5.82 Å². The first-order valence-electron chi connectivity index (χ1n) is 6.36. The van der Waals surface area contributed by atoms with Gasteiger partial charge < -0.3 is 10.6 Å². The first kappa shape index (κ1) is 14.4. The monoisotopic (exact) mass is 367 g/mol. The molecule has 3 rings (SSSR count). The van der Waals surface area contributed by atoms with Crippen LogP contribution in [0.2, 0.25) is 5.02 Å². The minimum absolute atomic E-state index is 0.287. The van der Waals surface area contributed by atoms with Crippen LogP contribution in [-0.2, 0) is 0 Å². The number of hydrogen-bond acceptors (Lipinski definition) is 3. The quantitative estimate of drug-likeness (QED) is 0.866. The SMILES string of the molecule is NC1=NCC(c2cc(Cl)ccc2F)N1c1ccc(Br)cc1. The maximum Gasteiger partial charge on any atom is 0.196 e. The van der Waals surface area contributed by atoms with Crippen LogP contribution >= 0.6 is 27.5 Å². The number of halogens is 3. The number of hydrogen-bond donors (Lipinski definition) is 1. The molecule has 0 fully saturated rings. The maximum atomic E-state index is 14.1. The second-order valence-corrected chi connectivity index (χ2v) is 6.08. The fourth-order valence-corrected chi connectivity index (χ4v) is 2.86. The Kier molecular flexibility index (Phi) is 3.87. The summed E-state index contributed by atoms with van der Waals surface area (Å²) in [5, 5.41) is 0.493. The average Bonchev–Trinajstić information content (AvgIpc) is 2.84. The summed E-state index contributed by atoms with van der Waals surface area (Å²) in [6.07, 6.45) is 0. The number of anilines is 1. The van der Waals surface area contributed by atoms with E-state index >= 15 is 0 Å². The van der Waals surface area contributed by atoms with Gasteiger partial charge in [0.05, 0.1) is 12.6 Å². The lowest BCUT2D eigenvalue weighted by molar-refractivity contribution is 0.589. The van der Waals surface area contributed by atoms with E-state index in [0.717, 1.165) is 10.2 Å². The highest BCUT2D eigenvalue weighted by molar-refractivity contribution is 9.10. The molecule has 0 saturated heterocycles. The third-order valence-electron chi connectivity index (χ3n) is 3.41. The molecule has 2 aromatic carbocycles. The van der Waals surface area contributed by atoms with Gasteiger partial charge in [-0.05, 0) is 42.5 Å². The smallest absolute Gasteiger partial charge is 0.196 e. The van der Waals surface area contributed by atoms with E-state index < -0.39 is 0 Å². The number of nitrogens with two attached hydrogens (primary N) is 1. The Balaban J connectivity index is 2.02. The van der Waals surface area contributed by atoms with Gasteiger partial charge in [0, 0.05) is 20.7 Å². The van der Waals surface area contributed by atoms with Crippen molar-refractivity contribution < 1.29 is 4.39 Å². The number of rotatable bonds is 2. The van der Waals surface area contributed by atoms with Crippen molar-refractivity contribution in [3.8, 4) is 0 Å². The molecule has 21 heavy (non-hydrogen) atoms. The molecule has 0 radical (unpaired) electrons. The van der Waals surface area contributed by atoms with Crippen LogP contribution in [0.1, 0.15) is 11.6 Å². The van der Waals surface area contributed by atoms with Crippen molar-refractivity contribution in [2.75, 3.05) is 11.4 Å². The van der Waals surface area contributed by atoms with Gasteiger partial charge >= 0.3 is 0 Å². The molecule has 2 N–H and O–H groups in total. The summed E-state index contributed by atoms with van der Waals surface area (Å²) in [7, 11) is 0. The van der Waals surface area contributed by atoms with Crippen molar-refractivity contribution in [1.29, 1.82) is 0 Å². The zero-order valence-corrected chi connectivity index (χ0v) is 13.3. The Morgan fingerprint density at radius 2 is 1.95 bits per heavy atom. The van der Waals surface area contributed by atoms with Gasteiger partial charge in [-0.1, -0.05) is 27.5 Å². The van der Waals surface area contributed by atoms with Crippen molar-refractivity contribution >= 4 is 39.2 Å². The first-order chi connectivity index (χ1) is 10.1. The minimum Gasteiger partial charge on any atom is -0.369 e. The van der Waals surface area contributed by atoms with Crippen LogP contribution in [0.3, 0.4) is 0 Å². The Bertz CT molecular complexity index is 703. The molecule has 1 aliphatic heterocycles. The van der Waals surface area contributed by atoms with E-state index in [1.807, 2.05) is 29.2 Å². The van der Waals surface area contributed by atoms with Crippen LogP contribution in [0.4, 0.5) is 10.1 Å². The van der Waals surface area contributed by atoms with Crippen molar-refractivity contribution in [1.82, 2.24) is 0 Å². The molecule has 3 nitrogen and oxygen atoms in total. The number of aliphatic imine (C=N–C) groups is 1. The van der Waals surface area contributed by atoms with Gasteiger partial charge in [-0.25, -0.2) is 4.39 Å².